The van der Waals surface area contributed by atoms with Crippen LogP contribution in [-0.2, 0) is 0 Å². The minimum Gasteiger partial charge on any atom is -0.459 e. The van der Waals surface area contributed by atoms with Gasteiger partial charge >= 0.3 is 0 Å². The van der Waals surface area contributed by atoms with Crippen molar-refractivity contribution in [3.63, 3.8) is 0 Å². The van der Waals surface area contributed by atoms with Crippen LogP contribution in [0.15, 0.2) is 68.8 Å². The van der Waals surface area contributed by atoms with E-state index < -0.39 is 12.1 Å². The van der Waals surface area contributed by atoms with Gasteiger partial charge in [0.1, 0.15) is 5.82 Å². The van der Waals surface area contributed by atoms with Gasteiger partial charge in [0.25, 0.3) is 11.8 Å². The third-order valence-corrected chi connectivity index (χ3v) is 4.21. The number of fused-ring (bicyclic) bond motifs is 1. The Labute approximate surface area is 153 Å². The molecule has 1 atom stereocenters. The lowest BCUT2D eigenvalue weighted by molar-refractivity contribution is 0.0791. The van der Waals surface area contributed by atoms with Crippen LogP contribution in [0.4, 0.5) is 4.39 Å². The van der Waals surface area contributed by atoms with Crippen LogP contribution >= 0.6 is 0 Å². The molecule has 7 nitrogen and oxygen atoms in total. The second-order valence-corrected chi connectivity index (χ2v) is 6.02. The van der Waals surface area contributed by atoms with Crippen molar-refractivity contribution >= 4 is 23.7 Å². The summed E-state index contributed by atoms with van der Waals surface area (Å²) < 4.78 is 18.1. The molecule has 2 amide bonds. The number of allylic oxidation sites excluding steroid dienone is 1. The first-order valence-electron chi connectivity index (χ1n) is 8.33. The average Bonchev–Trinajstić information content (AvgIpc) is 3.22. The maximum atomic E-state index is 13.0. The van der Waals surface area contributed by atoms with Crippen molar-refractivity contribution in [2.24, 2.45) is 9.98 Å². The molecule has 0 saturated carbocycles. The SMILES string of the molecule is O=C(NC1N=CC2=CN(C(=O)c3ccco3)CCC2=N1)c1ccc(F)cc1. The van der Waals surface area contributed by atoms with Crippen molar-refractivity contribution in [1.29, 1.82) is 0 Å². The highest BCUT2D eigenvalue weighted by Crippen LogP contribution is 2.18. The molecule has 3 heterocycles. The Balaban J connectivity index is 1.45. The summed E-state index contributed by atoms with van der Waals surface area (Å²) in [6.07, 6.45) is 4.50. The fourth-order valence-corrected chi connectivity index (χ4v) is 2.83. The van der Waals surface area contributed by atoms with Crippen molar-refractivity contribution in [2.45, 2.75) is 12.7 Å². The Morgan fingerprint density at radius 1 is 1.22 bits per heavy atom. The number of rotatable bonds is 3. The molecule has 2 aliphatic rings. The van der Waals surface area contributed by atoms with E-state index in [1.165, 1.54) is 30.5 Å². The van der Waals surface area contributed by atoms with Crippen LogP contribution in [0.3, 0.4) is 0 Å². The first-order chi connectivity index (χ1) is 13.1. The van der Waals surface area contributed by atoms with Crippen LogP contribution in [0.2, 0.25) is 0 Å². The molecule has 27 heavy (non-hydrogen) atoms. The van der Waals surface area contributed by atoms with Gasteiger partial charge < -0.3 is 14.6 Å². The summed E-state index contributed by atoms with van der Waals surface area (Å²) in [6.45, 7) is 0.453. The summed E-state index contributed by atoms with van der Waals surface area (Å²) >= 11 is 0. The maximum Gasteiger partial charge on any atom is 0.293 e. The van der Waals surface area contributed by atoms with Gasteiger partial charge in [0, 0.05) is 36.5 Å². The number of nitrogens with zero attached hydrogens (tertiary/aromatic N) is 3. The van der Waals surface area contributed by atoms with Crippen LogP contribution in [0.25, 0.3) is 0 Å². The average molecular weight is 366 g/mol. The lowest BCUT2D eigenvalue weighted by atomic mass is 10.0. The lowest BCUT2D eigenvalue weighted by Crippen LogP contribution is -2.38. The van der Waals surface area contributed by atoms with Gasteiger partial charge in [-0.05, 0) is 36.4 Å². The summed E-state index contributed by atoms with van der Waals surface area (Å²) in [5.41, 5.74) is 1.80. The summed E-state index contributed by atoms with van der Waals surface area (Å²) in [5, 5.41) is 2.67. The standard InChI is InChI=1S/C19H15FN4O3/c20-14-5-3-12(4-6-14)17(25)23-19-21-10-13-11-24(8-7-15(13)22-19)18(26)16-2-1-9-27-16/h1-6,9-11,19H,7-8H2,(H,23,25). The molecule has 4 rings (SSSR count). The minimum atomic E-state index is -0.748. The van der Waals surface area contributed by atoms with Gasteiger partial charge in [0.15, 0.2) is 5.76 Å². The lowest BCUT2D eigenvalue weighted by Gasteiger charge is -2.27. The first kappa shape index (κ1) is 16.9. The van der Waals surface area contributed by atoms with Crippen LogP contribution < -0.4 is 5.32 Å². The van der Waals surface area contributed by atoms with Gasteiger partial charge in [-0.25, -0.2) is 14.4 Å². The molecule has 8 heteroatoms. The largest absolute Gasteiger partial charge is 0.459 e. The van der Waals surface area contributed by atoms with Gasteiger partial charge in [-0.15, -0.1) is 0 Å². The normalized spacial score (nSPS) is 18.4. The smallest absolute Gasteiger partial charge is 0.293 e. The van der Waals surface area contributed by atoms with E-state index in [4.69, 9.17) is 4.42 Å². The minimum absolute atomic E-state index is 0.230. The van der Waals surface area contributed by atoms with Crippen molar-refractivity contribution in [2.75, 3.05) is 6.54 Å². The van der Waals surface area contributed by atoms with E-state index in [1.807, 2.05) is 0 Å². The van der Waals surface area contributed by atoms with Crippen molar-refractivity contribution in [3.05, 3.63) is 71.6 Å². The Kier molecular flexibility index (Phi) is 4.37. The highest BCUT2D eigenvalue weighted by atomic mass is 19.1. The predicted molar refractivity (Wildman–Crippen MR) is 96.0 cm³/mol. The molecule has 1 aromatic heterocycles. The van der Waals surface area contributed by atoms with Crippen LogP contribution in [0, 0.1) is 5.82 Å². The fraction of sp³-hybridized carbons (Fsp3) is 0.158. The molecule has 0 bridgehead atoms. The highest BCUT2D eigenvalue weighted by molar-refractivity contribution is 6.18. The molecule has 0 spiro atoms. The number of carbonyl (C=O) groups excluding carboxylic acids is 2. The third-order valence-electron chi connectivity index (χ3n) is 4.21. The topological polar surface area (TPSA) is 87.3 Å². The Morgan fingerprint density at radius 3 is 2.78 bits per heavy atom. The fourth-order valence-electron chi connectivity index (χ4n) is 2.83. The molecule has 0 aliphatic carbocycles. The maximum absolute atomic E-state index is 13.0. The van der Waals surface area contributed by atoms with Crippen LogP contribution in [0.1, 0.15) is 27.3 Å². The number of hydrogen-bond donors (Lipinski definition) is 1. The molecule has 1 unspecified atom stereocenters. The number of hydrogen-bond acceptors (Lipinski definition) is 5. The molecular weight excluding hydrogens is 351 g/mol. The van der Waals surface area contributed by atoms with E-state index in [9.17, 15) is 14.0 Å². The van der Waals surface area contributed by atoms with Gasteiger partial charge in [0.05, 0.1) is 12.0 Å². The number of amides is 2. The van der Waals surface area contributed by atoms with Gasteiger partial charge in [-0.1, -0.05) is 0 Å². The monoisotopic (exact) mass is 366 g/mol. The number of halogens is 1. The van der Waals surface area contributed by atoms with Gasteiger partial charge in [0.2, 0.25) is 6.29 Å². The zero-order valence-corrected chi connectivity index (χ0v) is 14.1. The molecule has 0 radical (unpaired) electrons. The molecule has 136 valence electrons. The zero-order valence-electron chi connectivity index (χ0n) is 14.1. The number of furan rings is 1. The van der Waals surface area contributed by atoms with Crippen molar-refractivity contribution < 1.29 is 18.4 Å². The molecule has 2 aliphatic heterocycles. The summed E-state index contributed by atoms with van der Waals surface area (Å²) in [5.74, 6) is -0.761. The molecule has 2 aromatic rings. The van der Waals surface area contributed by atoms with Gasteiger partial charge in [-0.2, -0.15) is 0 Å². The summed E-state index contributed by atoms with van der Waals surface area (Å²) in [7, 11) is 0. The zero-order chi connectivity index (χ0) is 18.8. The Morgan fingerprint density at radius 2 is 2.04 bits per heavy atom. The van der Waals surface area contributed by atoms with Crippen LogP contribution in [0.5, 0.6) is 0 Å². The predicted octanol–water partition coefficient (Wildman–Crippen LogP) is 2.39. The highest BCUT2D eigenvalue weighted by Gasteiger charge is 2.26. The van der Waals surface area contributed by atoms with Crippen molar-refractivity contribution in [1.82, 2.24) is 10.2 Å². The van der Waals surface area contributed by atoms with Gasteiger partial charge in [-0.3, -0.25) is 9.59 Å². The van der Waals surface area contributed by atoms with E-state index in [2.05, 4.69) is 15.3 Å². The quantitative estimate of drug-likeness (QED) is 0.905. The summed E-state index contributed by atoms with van der Waals surface area (Å²) in [6, 6.07) is 8.51. The molecule has 1 N–H and O–H groups in total. The number of nitrogens with one attached hydrogen (secondary N) is 1. The summed E-state index contributed by atoms with van der Waals surface area (Å²) in [4.78, 5) is 34.7. The van der Waals surface area contributed by atoms with Crippen LogP contribution in [-0.4, -0.2) is 41.5 Å². The number of aliphatic imine (C=N–C) groups is 2. The molecule has 0 saturated heterocycles. The van der Waals surface area contributed by atoms with E-state index in [0.717, 1.165) is 5.71 Å². The van der Waals surface area contributed by atoms with E-state index >= 15 is 0 Å². The Bertz CT molecular complexity index is 961. The number of carbonyl (C=O) groups is 2. The second-order valence-electron chi connectivity index (χ2n) is 6.02. The molecule has 1 aromatic carbocycles. The van der Waals surface area contributed by atoms with E-state index in [0.29, 0.717) is 24.1 Å². The molecular formula is C19H15FN4O3. The third kappa shape index (κ3) is 3.55. The van der Waals surface area contributed by atoms with E-state index in [1.54, 1.807) is 29.4 Å². The Hall–Kier alpha value is -3.55. The van der Waals surface area contributed by atoms with Crippen molar-refractivity contribution in [3.8, 4) is 0 Å². The van der Waals surface area contributed by atoms with E-state index in [-0.39, 0.29) is 17.6 Å². The number of benzene rings is 1. The molecule has 0 fully saturated rings. The first-order valence-corrected chi connectivity index (χ1v) is 8.33. The second kappa shape index (κ2) is 6.99.